The van der Waals surface area contributed by atoms with Crippen LogP contribution in [-0.4, -0.2) is 375 Å². The molecule has 7 aromatic rings. The number of piperidine rings is 1. The number of aromatic nitrogens is 5. The third-order valence-corrected chi connectivity index (χ3v) is 27.9. The van der Waals surface area contributed by atoms with Crippen LogP contribution in [0.2, 0.25) is 0 Å². The number of likely N-dealkylation sites (tertiary alicyclic amines) is 1. The maximum atomic E-state index is 15.6. The van der Waals surface area contributed by atoms with Crippen molar-refractivity contribution in [2.24, 2.45) is 23.1 Å². The van der Waals surface area contributed by atoms with Gasteiger partial charge in [-0.05, 0) is 79.8 Å². The van der Waals surface area contributed by atoms with Gasteiger partial charge in [0, 0.05) is 172 Å². The number of hydrogen-bond acceptors (Lipinski definition) is 28. The van der Waals surface area contributed by atoms with E-state index in [2.05, 4.69) is 88.7 Å². The maximum absolute atomic E-state index is 15.6. The SMILES string of the molecule is CC[C@H](C)[C@H](NC(=O)[C@@H](NC(=O)[C@H](Cc1c[nH]c2ccccc12)NC(=O)CCCCCNC(=O)CN1CCN(CC(=O)O)CCN(CC(=O)O)CCN(CC(=O)O)CC1)[C@@H](C)O)C(=O)N[C@H]1CSSC[C@@H](C(=O)N[C@@H](Cc2c[nH]c3ccccc23)C(=O)N2CCCC[C@H]2C(N)=O)NC(=O)[C@H](CC(=O)O)NC(=O)[C@H](Cc2cnc[nH]2)NC(=O)[C@H](Cc2c[nH]c3ccccc23)NC(=O)[C@H](CC(N)=O)NC(=O)[C@H](CC(N)=O)NC1=O. The van der Waals surface area contributed by atoms with Crippen LogP contribution in [0, 0.1) is 5.92 Å². The van der Waals surface area contributed by atoms with Crippen LogP contribution in [0.1, 0.15) is 114 Å². The summed E-state index contributed by atoms with van der Waals surface area (Å²) in [5.74, 6) is -24.6. The van der Waals surface area contributed by atoms with Gasteiger partial charge >= 0.3 is 23.9 Å². The van der Waals surface area contributed by atoms with Crippen LogP contribution in [-0.2, 0) is 122 Å². The van der Waals surface area contributed by atoms with E-state index in [1.54, 1.807) is 112 Å². The summed E-state index contributed by atoms with van der Waals surface area (Å²) in [5.41, 5.74) is 20.8. The highest BCUT2D eigenvalue weighted by molar-refractivity contribution is 8.76. The van der Waals surface area contributed by atoms with Gasteiger partial charge in [0.15, 0.2) is 0 Å². The van der Waals surface area contributed by atoms with Crippen molar-refractivity contribution in [2.45, 2.75) is 196 Å². The van der Waals surface area contributed by atoms with Gasteiger partial charge in [0.05, 0.1) is 57.9 Å². The Bertz CT molecular complexity index is 5810. The molecule has 0 radical (unpaired) electrons. The molecule has 3 aliphatic rings. The summed E-state index contributed by atoms with van der Waals surface area (Å²) in [6.07, 6.45) is 2.70. The van der Waals surface area contributed by atoms with Crippen molar-refractivity contribution < 1.29 is 121 Å². The Balaban J connectivity index is 0.919. The lowest BCUT2D eigenvalue weighted by Crippen LogP contribution is -2.63. The molecular formula is C95H129N25O25S2. The number of nitrogens with two attached hydrogens (primary N) is 3. The molecule has 16 amide bonds. The van der Waals surface area contributed by atoms with Crippen molar-refractivity contribution in [3.63, 3.8) is 0 Å². The Hall–Kier alpha value is -14.6. The molecule has 0 unspecified atom stereocenters. The van der Waals surface area contributed by atoms with E-state index in [1.165, 1.54) is 30.5 Å². The molecule has 3 fully saturated rings. The van der Waals surface area contributed by atoms with Gasteiger partial charge in [0.2, 0.25) is 94.5 Å². The zero-order valence-corrected chi connectivity index (χ0v) is 83.1. The van der Waals surface area contributed by atoms with Gasteiger partial charge in [-0.25, -0.2) is 4.98 Å². The van der Waals surface area contributed by atoms with E-state index in [9.17, 15) is 83.1 Å². The molecule has 0 aliphatic carbocycles. The second-order valence-electron chi connectivity index (χ2n) is 36.6. The second kappa shape index (κ2) is 56.2. The number of nitrogens with one attached hydrogen (secondary N) is 16. The Labute approximate surface area is 851 Å². The van der Waals surface area contributed by atoms with Crippen LogP contribution >= 0.6 is 21.6 Å². The lowest BCUT2D eigenvalue weighted by atomic mass is 9.97. The fraction of sp³-hybridized carbons (Fsp3) is 0.505. The Kier molecular flexibility index (Phi) is 43.7. The molecule has 0 spiro atoms. The predicted octanol–water partition coefficient (Wildman–Crippen LogP) is -4.48. The number of imidazole rings is 1. The van der Waals surface area contributed by atoms with E-state index in [0.29, 0.717) is 96.7 Å². The predicted molar refractivity (Wildman–Crippen MR) is 534 cm³/mol. The number of rotatable bonds is 42. The number of carbonyl (C=O) groups excluding carboxylic acids is 16. The minimum Gasteiger partial charge on any atom is -0.481 e. The van der Waals surface area contributed by atoms with E-state index < -0.39 is 247 Å². The van der Waals surface area contributed by atoms with Crippen molar-refractivity contribution in [2.75, 3.05) is 103 Å². The number of fused-ring (bicyclic) bond motifs is 3. The van der Waals surface area contributed by atoms with Gasteiger partial charge in [-0.3, -0.25) is 115 Å². The third-order valence-electron chi connectivity index (χ3n) is 25.5. The summed E-state index contributed by atoms with van der Waals surface area (Å²) in [7, 11) is 1.38. The zero-order chi connectivity index (χ0) is 107. The number of aliphatic hydroxyl groups is 1. The summed E-state index contributed by atoms with van der Waals surface area (Å²) in [6.45, 7) is 4.70. The maximum Gasteiger partial charge on any atom is 0.317 e. The zero-order valence-electron chi connectivity index (χ0n) is 81.5. The van der Waals surface area contributed by atoms with Crippen LogP contribution in [0.3, 0.4) is 0 Å². The first-order chi connectivity index (χ1) is 70.2. The molecule has 4 aromatic heterocycles. The van der Waals surface area contributed by atoms with E-state index in [4.69, 9.17) is 17.2 Å². The molecule has 3 aliphatic heterocycles. The van der Waals surface area contributed by atoms with Crippen LogP contribution in [0.5, 0.6) is 0 Å². The van der Waals surface area contributed by atoms with Crippen LogP contribution in [0.25, 0.3) is 32.7 Å². The molecule has 3 saturated heterocycles. The van der Waals surface area contributed by atoms with Crippen LogP contribution in [0.15, 0.2) is 104 Å². The molecule has 0 bridgehead atoms. The number of carboxylic acid groups (broad SMARTS) is 4. The number of carboxylic acids is 4. The number of aliphatic hydroxyl groups excluding tert-OH is 1. The number of aliphatic carboxylic acids is 4. The lowest BCUT2D eigenvalue weighted by molar-refractivity contribution is -0.144. The fourth-order valence-electron chi connectivity index (χ4n) is 17.4. The topological polar surface area (TPSA) is 757 Å². The number of benzene rings is 3. The normalized spacial score (nSPS) is 20.8. The number of aromatic amines is 4. The standard InChI is InChI=1S/C95H129N25O25S2/c1-4-52(2)82(114-94(144)83(53(3)121)115-90(140)64(34-54-41-101-61-19-10-7-16-58(54)61)105-76(124)23-6-5-14-24-100-77(125)45-116-26-28-117(46-79(128)129)30-32-119(48-81(132)133)33-31-118(29-27-116)47-80(130)131)93(143)113-72-50-147-146-49-71(92(142)111-70(36-56-43-103-63-21-12-9-18-60(56)63)95(145)120-25-15-13-22-73(120)84(98)134)112-89(139)69(40-78(126)127)110-86(136)66(37-57-44-99-51-104-57)107-85(135)65(35-55-42-102-62-20-11-8-17-59(55)62)106-87(137)67(38-74(96)122)108-88(138)68(39-75(97)123)109-91(72)141/h7-12,16-21,41-44,51-53,64-73,82-83,101-103,121H,4-6,13-15,22-40,45-50H2,1-3H3,(H2,96,122)(H2,97,123)(H2,98,134)(H,99,104)(H,100,125)(H,105,124)(H,106,137)(H,107,135)(H,108,138)(H,109,141)(H,110,136)(H,111,142)(H,112,139)(H,113,143)(H,114,144)(H,115,140)(H,126,127)(H,128,129)(H,130,131)(H,132,133)/t52-,53+,64-,65-,66-,67-,68-,69-,70-,71-,72-,73-,82-,83-/m0/s1. The largest absolute Gasteiger partial charge is 0.481 e. The number of nitrogens with zero attached hydrogens (tertiary/aromatic N) is 6. The Morgan fingerprint density at radius 1 is 0.469 bits per heavy atom. The quantitative estimate of drug-likeness (QED) is 0.0127. The number of para-hydroxylation sites is 3. The summed E-state index contributed by atoms with van der Waals surface area (Å²) in [4.78, 5) is 306. The first-order valence-electron chi connectivity index (χ1n) is 48.3. The number of carbonyl (C=O) groups is 20. The molecule has 7 heterocycles. The molecule has 796 valence electrons. The van der Waals surface area contributed by atoms with Crippen molar-refractivity contribution in [1.82, 2.24) is 113 Å². The van der Waals surface area contributed by atoms with Crippen molar-refractivity contribution in [3.8, 4) is 0 Å². The summed E-state index contributed by atoms with van der Waals surface area (Å²) in [5, 5.41) is 83.5. The summed E-state index contributed by atoms with van der Waals surface area (Å²) in [6, 6.07) is -0.960. The summed E-state index contributed by atoms with van der Waals surface area (Å²) < 4.78 is 0. The van der Waals surface area contributed by atoms with Gasteiger partial charge in [-0.1, -0.05) is 103 Å². The monoisotopic (exact) mass is 2080 g/mol. The fourth-order valence-corrected chi connectivity index (χ4v) is 19.7. The van der Waals surface area contributed by atoms with Gasteiger partial charge in [-0.2, -0.15) is 0 Å². The number of primary amides is 3. The molecule has 50 nitrogen and oxygen atoms in total. The molecule has 10 rings (SSSR count). The first-order valence-corrected chi connectivity index (χ1v) is 50.7. The number of unbranched alkanes of at least 4 members (excludes halogenated alkanes) is 2. The molecule has 27 N–H and O–H groups in total. The first kappa shape index (κ1) is 114. The Morgan fingerprint density at radius 2 is 0.932 bits per heavy atom. The van der Waals surface area contributed by atoms with Crippen LogP contribution < -0.4 is 81.0 Å². The van der Waals surface area contributed by atoms with E-state index in [1.807, 2.05) is 0 Å². The van der Waals surface area contributed by atoms with E-state index in [-0.39, 0.29) is 136 Å². The average Bonchev–Trinajstić information content (AvgIpc) is 1.77. The van der Waals surface area contributed by atoms with Gasteiger partial charge in [0.1, 0.15) is 72.5 Å². The van der Waals surface area contributed by atoms with E-state index >= 15 is 38.4 Å². The smallest absolute Gasteiger partial charge is 0.317 e. The minimum atomic E-state index is -2.14. The molecular weight excluding hydrogens is 1960 g/mol. The van der Waals surface area contributed by atoms with Crippen molar-refractivity contribution >= 4 is 173 Å². The number of amides is 16. The third kappa shape index (κ3) is 35.4. The van der Waals surface area contributed by atoms with Crippen molar-refractivity contribution in [3.05, 3.63) is 126 Å². The highest BCUT2D eigenvalue weighted by Crippen LogP contribution is 2.28. The average molecular weight is 2090 g/mol. The van der Waals surface area contributed by atoms with Crippen molar-refractivity contribution in [1.29, 1.82) is 0 Å². The highest BCUT2D eigenvalue weighted by atomic mass is 33.1. The highest BCUT2D eigenvalue weighted by Gasteiger charge is 2.43. The Morgan fingerprint density at radius 3 is 1.43 bits per heavy atom. The van der Waals surface area contributed by atoms with Crippen LogP contribution in [0.4, 0.5) is 0 Å². The van der Waals surface area contributed by atoms with E-state index in [0.717, 1.165) is 6.92 Å². The molecule has 0 saturated carbocycles. The molecule has 52 heteroatoms. The molecule has 14 atom stereocenters. The number of hydrogen-bond donors (Lipinski definition) is 24. The molecule has 3 aromatic carbocycles. The number of H-pyrrole nitrogens is 4. The van der Waals surface area contributed by atoms with Gasteiger partial charge in [0.25, 0.3) is 0 Å². The van der Waals surface area contributed by atoms with Gasteiger partial charge < -0.3 is 131 Å². The summed E-state index contributed by atoms with van der Waals surface area (Å²) >= 11 is 0. The minimum absolute atomic E-state index is 0.0200. The van der Waals surface area contributed by atoms with Gasteiger partial charge in [-0.15, -0.1) is 0 Å². The lowest BCUT2D eigenvalue weighted by Gasteiger charge is -2.36. The molecule has 147 heavy (non-hydrogen) atoms. The second-order valence-corrected chi connectivity index (χ2v) is 39.1.